The van der Waals surface area contributed by atoms with E-state index in [-0.39, 0.29) is 12.2 Å². The van der Waals surface area contributed by atoms with Crippen LogP contribution in [0.3, 0.4) is 0 Å². The number of pyridine rings is 1. The monoisotopic (exact) mass is 320 g/mol. The highest BCUT2D eigenvalue weighted by Crippen LogP contribution is 2.07. The minimum Gasteiger partial charge on any atom is -0.480 e. The van der Waals surface area contributed by atoms with Crippen LogP contribution in [0.25, 0.3) is 0 Å². The summed E-state index contributed by atoms with van der Waals surface area (Å²) in [6.45, 7) is 0. The molecule has 0 bridgehead atoms. The first-order chi connectivity index (χ1) is 10.5. The molecule has 6 nitrogen and oxygen atoms in total. The van der Waals surface area contributed by atoms with Gasteiger partial charge in [0.1, 0.15) is 6.04 Å². The average molecular weight is 320 g/mol. The molecule has 1 aromatic carbocycles. The van der Waals surface area contributed by atoms with Crippen LogP contribution in [0.2, 0.25) is 0 Å². The van der Waals surface area contributed by atoms with Crippen molar-refractivity contribution in [2.45, 2.75) is 18.2 Å². The number of carboxylic acids is 1. The maximum Gasteiger partial charge on any atom is 0.322 e. The van der Waals surface area contributed by atoms with Crippen molar-refractivity contribution in [3.63, 3.8) is 0 Å². The Labute approximate surface area is 128 Å². The summed E-state index contributed by atoms with van der Waals surface area (Å²) in [5.41, 5.74) is 1.25. The van der Waals surface area contributed by atoms with Crippen molar-refractivity contribution in [2.24, 2.45) is 0 Å². The van der Waals surface area contributed by atoms with E-state index in [1.165, 1.54) is 6.20 Å². The Bertz CT molecular complexity index is 718. The van der Waals surface area contributed by atoms with Crippen molar-refractivity contribution in [1.29, 1.82) is 0 Å². The first kappa shape index (κ1) is 16.1. The second-order valence-electron chi connectivity index (χ2n) is 4.82. The number of carbonyl (C=O) groups is 1. The van der Waals surface area contributed by atoms with Crippen LogP contribution in [-0.2, 0) is 27.0 Å². The van der Waals surface area contributed by atoms with Crippen molar-refractivity contribution < 1.29 is 18.3 Å². The Morgan fingerprint density at radius 2 is 1.82 bits per heavy atom. The summed E-state index contributed by atoms with van der Waals surface area (Å²) in [6.07, 6.45) is 3.12. The van der Waals surface area contributed by atoms with E-state index in [0.717, 1.165) is 0 Å². The maximum absolute atomic E-state index is 12.1. The van der Waals surface area contributed by atoms with Gasteiger partial charge in [0.2, 0.25) is 10.0 Å². The van der Waals surface area contributed by atoms with Crippen LogP contribution in [-0.4, -0.2) is 30.5 Å². The molecule has 0 radical (unpaired) electrons. The van der Waals surface area contributed by atoms with Gasteiger partial charge in [0, 0.05) is 18.8 Å². The number of rotatable bonds is 7. The number of aromatic nitrogens is 1. The number of aliphatic carboxylic acids is 1. The van der Waals surface area contributed by atoms with E-state index in [4.69, 9.17) is 0 Å². The van der Waals surface area contributed by atoms with Gasteiger partial charge in [0.15, 0.2) is 0 Å². The first-order valence-electron chi connectivity index (χ1n) is 6.62. The number of benzene rings is 1. The fourth-order valence-electron chi connectivity index (χ4n) is 1.99. The number of carboxylic acid groups (broad SMARTS) is 1. The van der Waals surface area contributed by atoms with Gasteiger partial charge in [-0.25, -0.2) is 13.1 Å². The molecule has 0 fully saturated rings. The zero-order chi connectivity index (χ0) is 16.0. The molecule has 1 heterocycles. The SMILES string of the molecule is O=C(O)C(Cc1cccnc1)NS(=O)(=O)Cc1ccccc1. The third-order valence-corrected chi connectivity index (χ3v) is 4.34. The number of nitrogens with one attached hydrogen (secondary N) is 1. The number of hydrogen-bond donors (Lipinski definition) is 2. The average Bonchev–Trinajstić information content (AvgIpc) is 2.48. The minimum atomic E-state index is -3.75. The Balaban J connectivity index is 2.08. The van der Waals surface area contributed by atoms with Gasteiger partial charge < -0.3 is 5.11 Å². The lowest BCUT2D eigenvalue weighted by Gasteiger charge is -2.14. The van der Waals surface area contributed by atoms with Gasteiger partial charge in [0.05, 0.1) is 5.75 Å². The van der Waals surface area contributed by atoms with E-state index >= 15 is 0 Å². The molecule has 0 aliphatic heterocycles. The predicted octanol–water partition coefficient (Wildman–Crippen LogP) is 1.20. The van der Waals surface area contributed by atoms with E-state index in [0.29, 0.717) is 11.1 Å². The highest BCUT2D eigenvalue weighted by Gasteiger charge is 2.24. The second kappa shape index (κ2) is 7.15. The molecule has 0 aliphatic carbocycles. The minimum absolute atomic E-state index is 0.0389. The van der Waals surface area contributed by atoms with Gasteiger partial charge in [-0.15, -0.1) is 0 Å². The normalized spacial score (nSPS) is 12.7. The summed E-state index contributed by atoms with van der Waals surface area (Å²) in [4.78, 5) is 15.2. The molecule has 116 valence electrons. The number of hydrogen-bond acceptors (Lipinski definition) is 4. The fraction of sp³-hybridized carbons (Fsp3) is 0.200. The quantitative estimate of drug-likeness (QED) is 0.799. The molecule has 1 atom stereocenters. The molecule has 0 saturated heterocycles. The van der Waals surface area contributed by atoms with Crippen LogP contribution >= 0.6 is 0 Å². The van der Waals surface area contributed by atoms with Crippen molar-refractivity contribution in [1.82, 2.24) is 9.71 Å². The fourth-order valence-corrected chi connectivity index (χ4v) is 3.32. The molecule has 1 unspecified atom stereocenters. The highest BCUT2D eigenvalue weighted by molar-refractivity contribution is 7.88. The largest absolute Gasteiger partial charge is 0.480 e. The van der Waals surface area contributed by atoms with Gasteiger partial charge in [-0.3, -0.25) is 9.78 Å². The standard InChI is InChI=1S/C15H16N2O4S/c18-15(19)14(9-13-7-4-8-16-10-13)17-22(20,21)11-12-5-2-1-3-6-12/h1-8,10,14,17H,9,11H2,(H,18,19). The van der Waals surface area contributed by atoms with Crippen LogP contribution in [0.5, 0.6) is 0 Å². The second-order valence-corrected chi connectivity index (χ2v) is 6.57. The number of nitrogens with zero attached hydrogens (tertiary/aromatic N) is 1. The molecule has 0 aliphatic rings. The Morgan fingerprint density at radius 1 is 1.14 bits per heavy atom. The van der Waals surface area contributed by atoms with Crippen LogP contribution in [0.1, 0.15) is 11.1 Å². The lowest BCUT2D eigenvalue weighted by atomic mass is 10.1. The Hall–Kier alpha value is -2.25. The third-order valence-electron chi connectivity index (χ3n) is 2.98. The van der Waals surface area contributed by atoms with Crippen molar-refractivity contribution in [3.8, 4) is 0 Å². The number of sulfonamides is 1. The summed E-state index contributed by atoms with van der Waals surface area (Å²) in [6, 6.07) is 10.8. The summed E-state index contributed by atoms with van der Waals surface area (Å²) >= 11 is 0. The van der Waals surface area contributed by atoms with E-state index in [9.17, 15) is 18.3 Å². The summed E-state index contributed by atoms with van der Waals surface area (Å²) < 4.78 is 26.5. The van der Waals surface area contributed by atoms with E-state index in [2.05, 4.69) is 9.71 Å². The molecule has 1 aromatic heterocycles. The van der Waals surface area contributed by atoms with Crippen molar-refractivity contribution >= 4 is 16.0 Å². The molecule has 0 spiro atoms. The molecule has 7 heteroatoms. The molecule has 0 amide bonds. The molecule has 2 rings (SSSR count). The Morgan fingerprint density at radius 3 is 2.41 bits per heavy atom. The van der Waals surface area contributed by atoms with Gasteiger partial charge in [-0.05, 0) is 17.2 Å². The molecule has 0 saturated carbocycles. The zero-order valence-corrected chi connectivity index (χ0v) is 12.5. The molecule has 2 aromatic rings. The van der Waals surface area contributed by atoms with E-state index < -0.39 is 22.0 Å². The smallest absolute Gasteiger partial charge is 0.322 e. The highest BCUT2D eigenvalue weighted by atomic mass is 32.2. The van der Waals surface area contributed by atoms with Crippen LogP contribution in [0.15, 0.2) is 54.9 Å². The van der Waals surface area contributed by atoms with Crippen molar-refractivity contribution in [3.05, 3.63) is 66.0 Å². The summed E-state index contributed by atoms with van der Waals surface area (Å²) in [7, 11) is -3.75. The van der Waals surface area contributed by atoms with Gasteiger partial charge in [0.25, 0.3) is 0 Å². The van der Waals surface area contributed by atoms with Gasteiger partial charge in [-0.2, -0.15) is 0 Å². The maximum atomic E-state index is 12.1. The van der Waals surface area contributed by atoms with E-state index in [1.54, 1.807) is 48.7 Å². The molecule has 2 N–H and O–H groups in total. The van der Waals surface area contributed by atoms with Gasteiger partial charge >= 0.3 is 5.97 Å². The van der Waals surface area contributed by atoms with E-state index in [1.807, 2.05) is 0 Å². The predicted molar refractivity (Wildman–Crippen MR) is 81.6 cm³/mol. The topological polar surface area (TPSA) is 96.4 Å². The Kier molecular flexibility index (Phi) is 5.24. The summed E-state index contributed by atoms with van der Waals surface area (Å²) in [5, 5.41) is 9.22. The van der Waals surface area contributed by atoms with Crippen LogP contribution in [0.4, 0.5) is 0 Å². The van der Waals surface area contributed by atoms with Crippen LogP contribution in [0, 0.1) is 0 Å². The van der Waals surface area contributed by atoms with Gasteiger partial charge in [-0.1, -0.05) is 36.4 Å². The van der Waals surface area contributed by atoms with Crippen molar-refractivity contribution in [2.75, 3.05) is 0 Å². The first-order valence-corrected chi connectivity index (χ1v) is 8.27. The molecule has 22 heavy (non-hydrogen) atoms. The molecular formula is C15H16N2O4S. The lowest BCUT2D eigenvalue weighted by Crippen LogP contribution is -2.42. The zero-order valence-electron chi connectivity index (χ0n) is 11.7. The third kappa shape index (κ3) is 4.94. The lowest BCUT2D eigenvalue weighted by molar-refractivity contribution is -0.138. The molecular weight excluding hydrogens is 304 g/mol. The van der Waals surface area contributed by atoms with Crippen LogP contribution < -0.4 is 4.72 Å². The summed E-state index contributed by atoms with van der Waals surface area (Å²) in [5.74, 6) is -1.48.